The van der Waals surface area contributed by atoms with Gasteiger partial charge in [0.1, 0.15) is 0 Å². The molecule has 8 heavy (non-hydrogen) atoms. The zero-order valence-corrected chi connectivity index (χ0v) is 4.94. The van der Waals surface area contributed by atoms with Gasteiger partial charge in [0.2, 0.25) is 0 Å². The van der Waals surface area contributed by atoms with Crippen molar-refractivity contribution in [2.45, 2.75) is 6.92 Å². The Bertz CT molecular complexity index is 133. The third-order valence-corrected chi connectivity index (χ3v) is 0.828. The summed E-state index contributed by atoms with van der Waals surface area (Å²) in [4.78, 5) is 0. The van der Waals surface area contributed by atoms with E-state index in [1.165, 1.54) is 12.4 Å². The number of nitrogens with two attached hydrogens (primary N) is 1. The predicted octanol–water partition coefficient (Wildman–Crippen LogP) is 1.05. The molecule has 0 radical (unpaired) electrons. The number of rotatable bonds is 2. The second-order valence-corrected chi connectivity index (χ2v) is 1.55. The predicted molar refractivity (Wildman–Crippen MR) is 35.9 cm³/mol. The fourth-order valence-corrected chi connectivity index (χ4v) is 0.314. The lowest BCUT2D eigenvalue weighted by atomic mass is 10.2. The van der Waals surface area contributed by atoms with Crippen LogP contribution in [0.3, 0.4) is 0 Å². The van der Waals surface area contributed by atoms with Crippen LogP contribution in [0.2, 0.25) is 0 Å². The Labute approximate surface area is 49.2 Å². The molecule has 2 heteroatoms. The lowest BCUT2D eigenvalue weighted by Crippen LogP contribution is -1.89. The highest BCUT2D eigenvalue weighted by molar-refractivity contribution is 5.81. The molecular weight excluding hydrogens is 100 g/mol. The Morgan fingerprint density at radius 1 is 1.75 bits per heavy atom. The van der Waals surface area contributed by atoms with E-state index in [1.54, 1.807) is 0 Å². The maximum Gasteiger partial charge on any atom is 0.0267 e. The fourth-order valence-electron chi connectivity index (χ4n) is 0.314. The smallest absolute Gasteiger partial charge is 0.0267 e. The zero-order valence-electron chi connectivity index (χ0n) is 4.94. The summed E-state index contributed by atoms with van der Waals surface area (Å²) in [6.07, 6.45) is 2.55. The van der Waals surface area contributed by atoms with Crippen LogP contribution >= 0.6 is 0 Å². The van der Waals surface area contributed by atoms with E-state index in [0.29, 0.717) is 5.57 Å². The molecule has 44 valence electrons. The molecule has 0 heterocycles. The van der Waals surface area contributed by atoms with E-state index >= 15 is 0 Å². The maximum absolute atomic E-state index is 6.76. The van der Waals surface area contributed by atoms with Crippen LogP contribution in [0.5, 0.6) is 0 Å². The summed E-state index contributed by atoms with van der Waals surface area (Å²) in [5.74, 6) is 0. The first-order valence-corrected chi connectivity index (χ1v) is 2.30. The molecular formula is C6H10N2. The Kier molecular flexibility index (Phi) is 2.62. The number of hydrogen-bond donors (Lipinski definition) is 2. The van der Waals surface area contributed by atoms with E-state index in [4.69, 9.17) is 11.1 Å². The van der Waals surface area contributed by atoms with Crippen molar-refractivity contribution in [1.82, 2.24) is 0 Å². The van der Waals surface area contributed by atoms with Crippen LogP contribution in [0, 0.1) is 5.41 Å². The van der Waals surface area contributed by atoms with Crippen molar-refractivity contribution < 1.29 is 0 Å². The summed E-state index contributed by atoms with van der Waals surface area (Å²) in [7, 11) is 0. The second kappa shape index (κ2) is 3.02. The minimum atomic E-state index is 0.685. The molecule has 0 bridgehead atoms. The highest BCUT2D eigenvalue weighted by Gasteiger charge is 1.87. The third-order valence-electron chi connectivity index (χ3n) is 0.828. The summed E-state index contributed by atoms with van der Waals surface area (Å²) < 4.78 is 0. The van der Waals surface area contributed by atoms with E-state index in [-0.39, 0.29) is 0 Å². The average molecular weight is 110 g/mol. The molecule has 0 aromatic rings. The summed E-state index contributed by atoms with van der Waals surface area (Å²) in [6, 6.07) is 0. The molecule has 3 N–H and O–H groups in total. The van der Waals surface area contributed by atoms with Crippen LogP contribution in [0.1, 0.15) is 6.92 Å². The van der Waals surface area contributed by atoms with Crippen molar-refractivity contribution in [3.63, 3.8) is 0 Å². The highest BCUT2D eigenvalue weighted by atomic mass is 14.5. The van der Waals surface area contributed by atoms with E-state index in [9.17, 15) is 0 Å². The highest BCUT2D eigenvalue weighted by Crippen LogP contribution is 1.98. The van der Waals surface area contributed by atoms with Crippen LogP contribution in [0.15, 0.2) is 23.9 Å². The number of nitrogens with one attached hydrogen (secondary N) is 1. The van der Waals surface area contributed by atoms with E-state index in [2.05, 4.69) is 6.58 Å². The van der Waals surface area contributed by atoms with Crippen LogP contribution in [0.25, 0.3) is 0 Å². The number of allylic oxidation sites excluding steroid dienone is 2. The van der Waals surface area contributed by atoms with Gasteiger partial charge in [-0.25, -0.2) is 0 Å². The largest absolute Gasteiger partial charge is 0.404 e. The lowest BCUT2D eigenvalue weighted by molar-refractivity contribution is 1.42. The standard InChI is InChI=1S/C6H10N2/c1-5(2)6(3-7)4-8/h3-4,7H,1,8H2,2H3/b6-4+,7-3?. The molecule has 0 aliphatic carbocycles. The molecule has 0 rings (SSSR count). The van der Waals surface area contributed by atoms with Crippen LogP contribution in [-0.2, 0) is 0 Å². The Balaban J connectivity index is 4.13. The topological polar surface area (TPSA) is 49.9 Å². The van der Waals surface area contributed by atoms with Crippen LogP contribution in [-0.4, -0.2) is 6.21 Å². The van der Waals surface area contributed by atoms with Gasteiger partial charge in [0.25, 0.3) is 0 Å². The van der Waals surface area contributed by atoms with Gasteiger partial charge in [-0.2, -0.15) is 0 Å². The molecule has 0 aliphatic heterocycles. The lowest BCUT2D eigenvalue weighted by Gasteiger charge is -1.92. The maximum atomic E-state index is 6.76. The Hall–Kier alpha value is -1.05. The Morgan fingerprint density at radius 3 is 2.25 bits per heavy atom. The second-order valence-electron chi connectivity index (χ2n) is 1.55. The van der Waals surface area contributed by atoms with Gasteiger partial charge in [-0.15, -0.1) is 0 Å². The monoisotopic (exact) mass is 110 g/mol. The molecule has 0 saturated carbocycles. The molecule has 2 nitrogen and oxygen atoms in total. The van der Waals surface area contributed by atoms with Gasteiger partial charge >= 0.3 is 0 Å². The summed E-state index contributed by atoms with van der Waals surface area (Å²) in [5, 5.41) is 6.76. The van der Waals surface area contributed by atoms with Crippen molar-refractivity contribution in [2.75, 3.05) is 0 Å². The van der Waals surface area contributed by atoms with Gasteiger partial charge in [-0.3, -0.25) is 0 Å². The van der Waals surface area contributed by atoms with Crippen molar-refractivity contribution in [3.05, 3.63) is 23.9 Å². The molecule has 0 unspecified atom stereocenters. The van der Waals surface area contributed by atoms with Crippen LogP contribution in [0.4, 0.5) is 0 Å². The fraction of sp³-hybridized carbons (Fsp3) is 0.167. The van der Waals surface area contributed by atoms with Gasteiger partial charge < -0.3 is 11.1 Å². The van der Waals surface area contributed by atoms with E-state index in [1.807, 2.05) is 6.92 Å². The first-order chi connectivity index (χ1) is 3.72. The molecule has 0 saturated heterocycles. The third kappa shape index (κ3) is 1.60. The Morgan fingerprint density at radius 2 is 2.25 bits per heavy atom. The van der Waals surface area contributed by atoms with Gasteiger partial charge in [0.15, 0.2) is 0 Å². The molecule has 0 amide bonds. The minimum absolute atomic E-state index is 0.685. The molecule has 0 spiro atoms. The van der Waals surface area contributed by atoms with Crippen molar-refractivity contribution in [3.8, 4) is 0 Å². The van der Waals surface area contributed by atoms with Crippen molar-refractivity contribution in [1.29, 1.82) is 5.41 Å². The summed E-state index contributed by atoms with van der Waals surface area (Å²) in [5.41, 5.74) is 6.62. The first kappa shape index (κ1) is 6.95. The number of hydrogen-bond acceptors (Lipinski definition) is 2. The molecule has 0 aromatic heterocycles. The van der Waals surface area contributed by atoms with Gasteiger partial charge in [-0.1, -0.05) is 6.58 Å². The molecule has 0 aromatic carbocycles. The zero-order chi connectivity index (χ0) is 6.57. The van der Waals surface area contributed by atoms with E-state index < -0.39 is 0 Å². The normalized spacial score (nSPS) is 10.9. The minimum Gasteiger partial charge on any atom is -0.404 e. The summed E-state index contributed by atoms with van der Waals surface area (Å²) >= 11 is 0. The molecule has 0 fully saturated rings. The van der Waals surface area contributed by atoms with Gasteiger partial charge in [0, 0.05) is 18.0 Å². The summed E-state index contributed by atoms with van der Waals surface area (Å²) in [6.45, 7) is 5.41. The van der Waals surface area contributed by atoms with Gasteiger partial charge in [0.05, 0.1) is 0 Å². The first-order valence-electron chi connectivity index (χ1n) is 2.30. The van der Waals surface area contributed by atoms with Crippen molar-refractivity contribution >= 4 is 6.21 Å². The van der Waals surface area contributed by atoms with Gasteiger partial charge in [-0.05, 0) is 12.5 Å². The average Bonchev–Trinajstić information content (AvgIpc) is 1.69. The SMILES string of the molecule is C=C(C)/C(C=N)=C/N. The van der Waals surface area contributed by atoms with Crippen LogP contribution < -0.4 is 5.73 Å². The quantitative estimate of drug-likeness (QED) is 0.405. The molecule has 0 aliphatic rings. The molecule has 0 atom stereocenters. The van der Waals surface area contributed by atoms with Crippen molar-refractivity contribution in [2.24, 2.45) is 5.73 Å². The van der Waals surface area contributed by atoms with E-state index in [0.717, 1.165) is 5.57 Å².